The number of aliphatic carboxylic acids is 1. The first-order valence-electron chi connectivity index (χ1n) is 6.81. The van der Waals surface area contributed by atoms with Crippen LogP contribution in [0.4, 0.5) is 0 Å². The van der Waals surface area contributed by atoms with Crippen LogP contribution in [0.1, 0.15) is 30.9 Å². The molecule has 0 aromatic heterocycles. The number of benzene rings is 1. The van der Waals surface area contributed by atoms with E-state index in [1.165, 1.54) is 0 Å². The molecule has 0 bridgehead atoms. The lowest BCUT2D eigenvalue weighted by molar-refractivity contribution is -0.137. The van der Waals surface area contributed by atoms with E-state index < -0.39 is 5.97 Å². The molecule has 1 heterocycles. The monoisotopic (exact) mass is 293 g/mol. The van der Waals surface area contributed by atoms with E-state index in [1.807, 2.05) is 30.3 Å². The molecule has 1 amide bonds. The molecular weight excluding hydrogens is 274 g/mol. The molecule has 2 atom stereocenters. The Kier molecular flexibility index (Phi) is 5.47. The number of carbonyl (C=O) groups is 2. The van der Waals surface area contributed by atoms with E-state index in [9.17, 15) is 9.59 Å². The molecule has 0 spiro atoms. The molecule has 0 aliphatic carbocycles. The summed E-state index contributed by atoms with van der Waals surface area (Å²) in [5.74, 6) is 1.18. The van der Waals surface area contributed by atoms with Gasteiger partial charge in [-0.15, -0.1) is 0 Å². The van der Waals surface area contributed by atoms with E-state index in [-0.39, 0.29) is 24.3 Å². The first-order chi connectivity index (χ1) is 9.66. The van der Waals surface area contributed by atoms with Crippen molar-refractivity contribution in [1.82, 2.24) is 5.32 Å². The maximum Gasteiger partial charge on any atom is 0.303 e. The molecule has 1 aliphatic heterocycles. The number of carbonyl (C=O) groups excluding carboxylic acids is 1. The number of rotatable bonds is 6. The van der Waals surface area contributed by atoms with Gasteiger partial charge in [0.05, 0.1) is 6.04 Å². The van der Waals surface area contributed by atoms with Crippen molar-refractivity contribution in [2.45, 2.75) is 25.3 Å². The molecular formula is C15H19NO3S. The summed E-state index contributed by atoms with van der Waals surface area (Å²) in [6.07, 6.45) is 1.39. The van der Waals surface area contributed by atoms with Gasteiger partial charge in [-0.05, 0) is 24.2 Å². The predicted octanol–water partition coefficient (Wildman–Crippen LogP) is 2.46. The highest BCUT2D eigenvalue weighted by Crippen LogP contribution is 2.25. The van der Waals surface area contributed by atoms with Gasteiger partial charge in [0, 0.05) is 18.1 Å². The predicted molar refractivity (Wildman–Crippen MR) is 79.6 cm³/mol. The first kappa shape index (κ1) is 14.9. The topological polar surface area (TPSA) is 66.4 Å². The van der Waals surface area contributed by atoms with Gasteiger partial charge < -0.3 is 10.4 Å². The van der Waals surface area contributed by atoms with Gasteiger partial charge in [0.25, 0.3) is 0 Å². The highest BCUT2D eigenvalue weighted by atomic mass is 32.2. The molecule has 108 valence electrons. The Morgan fingerprint density at radius 3 is 2.70 bits per heavy atom. The van der Waals surface area contributed by atoms with Gasteiger partial charge in [-0.2, -0.15) is 11.8 Å². The zero-order valence-corrected chi connectivity index (χ0v) is 12.1. The van der Waals surface area contributed by atoms with Crippen LogP contribution in [0.3, 0.4) is 0 Å². The SMILES string of the molecule is O=C(O)CCC(NC(=O)C1CCSC1)c1ccccc1. The van der Waals surface area contributed by atoms with E-state index >= 15 is 0 Å². The molecule has 0 saturated carbocycles. The lowest BCUT2D eigenvalue weighted by atomic mass is 10.0. The summed E-state index contributed by atoms with van der Waals surface area (Å²) in [6.45, 7) is 0. The average molecular weight is 293 g/mol. The number of hydrogen-bond acceptors (Lipinski definition) is 3. The number of hydrogen-bond donors (Lipinski definition) is 2. The number of nitrogens with one attached hydrogen (secondary N) is 1. The third-order valence-corrected chi connectivity index (χ3v) is 4.63. The van der Waals surface area contributed by atoms with E-state index in [2.05, 4.69) is 5.32 Å². The molecule has 2 unspecified atom stereocenters. The summed E-state index contributed by atoms with van der Waals surface area (Å²) in [6, 6.07) is 9.35. The minimum atomic E-state index is -0.836. The van der Waals surface area contributed by atoms with E-state index in [4.69, 9.17) is 5.11 Å². The summed E-state index contributed by atoms with van der Waals surface area (Å²) in [5.41, 5.74) is 0.966. The van der Waals surface area contributed by atoms with Crippen molar-refractivity contribution in [3.8, 4) is 0 Å². The Hall–Kier alpha value is -1.49. The molecule has 1 saturated heterocycles. The normalized spacial score (nSPS) is 19.5. The van der Waals surface area contributed by atoms with Gasteiger partial charge in [-0.3, -0.25) is 9.59 Å². The number of thioether (sulfide) groups is 1. The van der Waals surface area contributed by atoms with Crippen LogP contribution in [0.5, 0.6) is 0 Å². The van der Waals surface area contributed by atoms with Crippen molar-refractivity contribution in [2.24, 2.45) is 5.92 Å². The Morgan fingerprint density at radius 2 is 2.10 bits per heavy atom. The second kappa shape index (κ2) is 7.33. The van der Waals surface area contributed by atoms with Crippen molar-refractivity contribution in [2.75, 3.05) is 11.5 Å². The van der Waals surface area contributed by atoms with Crippen LogP contribution in [0.25, 0.3) is 0 Å². The van der Waals surface area contributed by atoms with Crippen LogP contribution in [-0.2, 0) is 9.59 Å². The highest BCUT2D eigenvalue weighted by Gasteiger charge is 2.25. The van der Waals surface area contributed by atoms with E-state index in [0.29, 0.717) is 6.42 Å². The minimum Gasteiger partial charge on any atom is -0.481 e. The van der Waals surface area contributed by atoms with E-state index in [0.717, 1.165) is 23.5 Å². The molecule has 5 heteroatoms. The Balaban J connectivity index is 2.01. The fraction of sp³-hybridized carbons (Fsp3) is 0.467. The first-order valence-corrected chi connectivity index (χ1v) is 7.97. The molecule has 2 rings (SSSR count). The highest BCUT2D eigenvalue weighted by molar-refractivity contribution is 7.99. The quantitative estimate of drug-likeness (QED) is 0.845. The zero-order chi connectivity index (χ0) is 14.4. The van der Waals surface area contributed by atoms with Gasteiger partial charge in [-0.25, -0.2) is 0 Å². The molecule has 1 aromatic rings. The average Bonchev–Trinajstić information content (AvgIpc) is 2.98. The molecule has 1 aromatic carbocycles. The van der Waals surface area contributed by atoms with Gasteiger partial charge in [0.15, 0.2) is 0 Å². The Bertz CT molecular complexity index is 457. The van der Waals surface area contributed by atoms with Gasteiger partial charge >= 0.3 is 5.97 Å². The van der Waals surface area contributed by atoms with Crippen molar-refractivity contribution in [3.63, 3.8) is 0 Å². The second-order valence-corrected chi connectivity index (χ2v) is 6.11. The van der Waals surface area contributed by atoms with Crippen LogP contribution in [0.15, 0.2) is 30.3 Å². The maximum absolute atomic E-state index is 12.2. The Labute approximate surface area is 123 Å². The maximum atomic E-state index is 12.2. The fourth-order valence-electron chi connectivity index (χ4n) is 2.31. The molecule has 20 heavy (non-hydrogen) atoms. The summed E-state index contributed by atoms with van der Waals surface area (Å²) in [7, 11) is 0. The number of carboxylic acid groups (broad SMARTS) is 1. The van der Waals surface area contributed by atoms with Crippen molar-refractivity contribution in [1.29, 1.82) is 0 Å². The van der Waals surface area contributed by atoms with Crippen LogP contribution in [0, 0.1) is 5.92 Å². The van der Waals surface area contributed by atoms with Crippen LogP contribution in [0.2, 0.25) is 0 Å². The molecule has 1 fully saturated rings. The fourth-order valence-corrected chi connectivity index (χ4v) is 3.53. The van der Waals surface area contributed by atoms with Gasteiger partial charge in [0.1, 0.15) is 0 Å². The van der Waals surface area contributed by atoms with Gasteiger partial charge in [-0.1, -0.05) is 30.3 Å². The third kappa shape index (κ3) is 4.27. The smallest absolute Gasteiger partial charge is 0.303 e. The molecule has 4 nitrogen and oxygen atoms in total. The molecule has 2 N–H and O–H groups in total. The van der Waals surface area contributed by atoms with E-state index in [1.54, 1.807) is 11.8 Å². The summed E-state index contributed by atoms with van der Waals surface area (Å²) < 4.78 is 0. The van der Waals surface area contributed by atoms with Gasteiger partial charge in [0.2, 0.25) is 5.91 Å². The van der Waals surface area contributed by atoms with Crippen LogP contribution >= 0.6 is 11.8 Å². The second-order valence-electron chi connectivity index (χ2n) is 4.96. The standard InChI is InChI=1S/C15H19NO3S/c17-14(18)7-6-13(11-4-2-1-3-5-11)16-15(19)12-8-9-20-10-12/h1-5,12-13H,6-10H2,(H,16,19)(H,17,18). The summed E-state index contributed by atoms with van der Waals surface area (Å²) >= 11 is 1.80. The lowest BCUT2D eigenvalue weighted by Gasteiger charge is -2.20. The van der Waals surface area contributed by atoms with Crippen molar-refractivity contribution >= 4 is 23.6 Å². The number of carboxylic acids is 1. The Morgan fingerprint density at radius 1 is 1.35 bits per heavy atom. The summed E-state index contributed by atoms with van der Waals surface area (Å²) in [4.78, 5) is 23.0. The van der Waals surface area contributed by atoms with Crippen LogP contribution in [-0.4, -0.2) is 28.5 Å². The minimum absolute atomic E-state index is 0.0502. The molecule has 0 radical (unpaired) electrons. The lowest BCUT2D eigenvalue weighted by Crippen LogP contribution is -2.34. The van der Waals surface area contributed by atoms with Crippen molar-refractivity contribution in [3.05, 3.63) is 35.9 Å². The van der Waals surface area contributed by atoms with Crippen LogP contribution < -0.4 is 5.32 Å². The third-order valence-electron chi connectivity index (χ3n) is 3.47. The molecule has 1 aliphatic rings. The number of amides is 1. The largest absolute Gasteiger partial charge is 0.481 e. The van der Waals surface area contributed by atoms with Crippen molar-refractivity contribution < 1.29 is 14.7 Å². The zero-order valence-electron chi connectivity index (χ0n) is 11.2. The summed E-state index contributed by atoms with van der Waals surface area (Å²) in [5, 5.41) is 11.9.